The Bertz CT molecular complexity index is 242. The topological polar surface area (TPSA) is 13.1 Å². The van der Waals surface area contributed by atoms with E-state index in [9.17, 15) is 0 Å². The van der Waals surface area contributed by atoms with Gasteiger partial charge in [-0.05, 0) is 34.5 Å². The summed E-state index contributed by atoms with van der Waals surface area (Å²) in [5.41, 5.74) is 1.21. The molecule has 0 fully saturated rings. The molecule has 1 unspecified atom stereocenters. The SMILES string of the molecule is Cc1cc(Br)oc1C(C)CBr. The standard InChI is InChI=1S/C8H10Br2O/c1-5-3-7(10)11-8(5)6(2)4-9/h3,6H,4H2,1-2H3. The molecule has 0 bridgehead atoms. The summed E-state index contributed by atoms with van der Waals surface area (Å²) in [6.07, 6.45) is 0. The van der Waals surface area contributed by atoms with Crippen molar-refractivity contribution in [2.45, 2.75) is 19.8 Å². The fourth-order valence-corrected chi connectivity index (χ4v) is 1.83. The predicted octanol–water partition coefficient (Wildman–Crippen LogP) is 3.85. The van der Waals surface area contributed by atoms with Crippen molar-refractivity contribution >= 4 is 31.9 Å². The van der Waals surface area contributed by atoms with Crippen LogP contribution >= 0.6 is 31.9 Å². The van der Waals surface area contributed by atoms with Crippen molar-refractivity contribution in [1.82, 2.24) is 0 Å². The molecule has 62 valence electrons. The molecule has 1 rings (SSSR count). The van der Waals surface area contributed by atoms with Crippen LogP contribution in [0.2, 0.25) is 0 Å². The van der Waals surface area contributed by atoms with E-state index in [-0.39, 0.29) is 0 Å². The molecule has 1 heterocycles. The number of hydrogen-bond acceptors (Lipinski definition) is 1. The van der Waals surface area contributed by atoms with Gasteiger partial charge in [0, 0.05) is 11.2 Å². The molecule has 0 aliphatic rings. The third-order valence-electron chi connectivity index (χ3n) is 1.61. The Hall–Kier alpha value is 0.240. The quantitative estimate of drug-likeness (QED) is 0.751. The first kappa shape index (κ1) is 9.33. The molecule has 0 amide bonds. The average Bonchev–Trinajstić information content (AvgIpc) is 2.28. The number of aryl methyl sites for hydroxylation is 1. The van der Waals surface area contributed by atoms with Crippen LogP contribution in [0.3, 0.4) is 0 Å². The molecule has 11 heavy (non-hydrogen) atoms. The van der Waals surface area contributed by atoms with Crippen molar-refractivity contribution in [2.75, 3.05) is 5.33 Å². The monoisotopic (exact) mass is 280 g/mol. The van der Waals surface area contributed by atoms with E-state index in [0.29, 0.717) is 5.92 Å². The molecule has 0 aromatic carbocycles. The Morgan fingerprint density at radius 2 is 2.27 bits per heavy atom. The molecule has 0 aliphatic heterocycles. The van der Waals surface area contributed by atoms with Crippen LogP contribution in [-0.4, -0.2) is 5.33 Å². The minimum Gasteiger partial charge on any atom is -0.454 e. The number of rotatable bonds is 2. The highest BCUT2D eigenvalue weighted by Gasteiger charge is 2.11. The average molecular weight is 282 g/mol. The minimum absolute atomic E-state index is 0.446. The van der Waals surface area contributed by atoms with Gasteiger partial charge in [-0.3, -0.25) is 0 Å². The predicted molar refractivity (Wildman–Crippen MR) is 53.4 cm³/mol. The number of alkyl halides is 1. The molecule has 0 radical (unpaired) electrons. The van der Waals surface area contributed by atoms with E-state index in [1.54, 1.807) is 0 Å². The first-order valence-corrected chi connectivity index (χ1v) is 5.38. The summed E-state index contributed by atoms with van der Waals surface area (Å²) in [5, 5.41) is 0.938. The highest BCUT2D eigenvalue weighted by atomic mass is 79.9. The molecule has 1 nitrogen and oxygen atoms in total. The van der Waals surface area contributed by atoms with Crippen LogP contribution < -0.4 is 0 Å². The van der Waals surface area contributed by atoms with Crippen molar-refractivity contribution in [3.8, 4) is 0 Å². The van der Waals surface area contributed by atoms with Crippen LogP contribution in [0.4, 0.5) is 0 Å². The Balaban J connectivity index is 2.93. The molecule has 0 saturated heterocycles. The molecular formula is C8H10Br2O. The van der Waals surface area contributed by atoms with E-state index in [1.165, 1.54) is 5.56 Å². The normalized spacial score (nSPS) is 13.5. The van der Waals surface area contributed by atoms with Gasteiger partial charge in [-0.2, -0.15) is 0 Å². The van der Waals surface area contributed by atoms with Crippen molar-refractivity contribution in [3.05, 3.63) is 22.1 Å². The van der Waals surface area contributed by atoms with E-state index in [2.05, 4.69) is 45.7 Å². The van der Waals surface area contributed by atoms with E-state index in [1.807, 2.05) is 6.07 Å². The first-order chi connectivity index (χ1) is 5.15. The summed E-state index contributed by atoms with van der Waals surface area (Å²) in [4.78, 5) is 0. The fraction of sp³-hybridized carbons (Fsp3) is 0.500. The van der Waals surface area contributed by atoms with Gasteiger partial charge in [-0.1, -0.05) is 22.9 Å². The van der Waals surface area contributed by atoms with E-state index in [4.69, 9.17) is 4.42 Å². The lowest BCUT2D eigenvalue weighted by Crippen LogP contribution is -1.93. The third kappa shape index (κ3) is 2.09. The summed E-state index contributed by atoms with van der Waals surface area (Å²) >= 11 is 6.72. The van der Waals surface area contributed by atoms with E-state index >= 15 is 0 Å². The molecule has 0 aliphatic carbocycles. The van der Waals surface area contributed by atoms with Crippen molar-refractivity contribution < 1.29 is 4.42 Å². The Labute approximate surface area is 83.4 Å². The smallest absolute Gasteiger partial charge is 0.169 e. The highest BCUT2D eigenvalue weighted by molar-refractivity contribution is 9.10. The van der Waals surface area contributed by atoms with Crippen LogP contribution in [0.25, 0.3) is 0 Å². The van der Waals surface area contributed by atoms with Crippen LogP contribution in [0, 0.1) is 6.92 Å². The maximum Gasteiger partial charge on any atom is 0.169 e. The van der Waals surface area contributed by atoms with E-state index < -0.39 is 0 Å². The number of halogens is 2. The second-order valence-electron chi connectivity index (χ2n) is 2.65. The second kappa shape index (κ2) is 3.76. The molecule has 0 spiro atoms. The molecule has 0 N–H and O–H groups in total. The van der Waals surface area contributed by atoms with Crippen LogP contribution in [0.1, 0.15) is 24.2 Å². The van der Waals surface area contributed by atoms with Gasteiger partial charge in [0.15, 0.2) is 4.67 Å². The highest BCUT2D eigenvalue weighted by Crippen LogP contribution is 2.27. The van der Waals surface area contributed by atoms with Crippen molar-refractivity contribution in [3.63, 3.8) is 0 Å². The summed E-state index contributed by atoms with van der Waals surface area (Å²) in [6, 6.07) is 1.99. The molecular weight excluding hydrogens is 272 g/mol. The second-order valence-corrected chi connectivity index (χ2v) is 4.08. The lowest BCUT2D eigenvalue weighted by molar-refractivity contribution is 0.467. The van der Waals surface area contributed by atoms with Crippen LogP contribution in [0.15, 0.2) is 15.2 Å². The zero-order chi connectivity index (χ0) is 8.43. The Morgan fingerprint density at radius 1 is 1.64 bits per heavy atom. The zero-order valence-electron chi connectivity index (χ0n) is 6.53. The summed E-state index contributed by atoms with van der Waals surface area (Å²) < 4.78 is 6.27. The van der Waals surface area contributed by atoms with Gasteiger partial charge in [0.05, 0.1) is 0 Å². The summed E-state index contributed by atoms with van der Waals surface area (Å²) in [6.45, 7) is 4.19. The third-order valence-corrected chi connectivity index (χ3v) is 2.97. The van der Waals surface area contributed by atoms with Crippen LogP contribution in [0.5, 0.6) is 0 Å². The Morgan fingerprint density at radius 3 is 2.64 bits per heavy atom. The number of furan rings is 1. The van der Waals surface area contributed by atoms with Gasteiger partial charge in [-0.15, -0.1) is 0 Å². The van der Waals surface area contributed by atoms with Gasteiger partial charge >= 0.3 is 0 Å². The van der Waals surface area contributed by atoms with Gasteiger partial charge < -0.3 is 4.42 Å². The fourth-order valence-electron chi connectivity index (χ4n) is 1.02. The minimum atomic E-state index is 0.446. The van der Waals surface area contributed by atoms with Gasteiger partial charge in [-0.25, -0.2) is 0 Å². The number of hydrogen-bond donors (Lipinski definition) is 0. The molecule has 0 saturated carbocycles. The van der Waals surface area contributed by atoms with Crippen molar-refractivity contribution in [1.29, 1.82) is 0 Å². The molecule has 1 aromatic heterocycles. The van der Waals surface area contributed by atoms with Crippen LogP contribution in [-0.2, 0) is 0 Å². The lowest BCUT2D eigenvalue weighted by atomic mass is 10.1. The molecule has 1 aromatic rings. The Kier molecular flexibility index (Phi) is 3.19. The molecule has 3 heteroatoms. The van der Waals surface area contributed by atoms with Gasteiger partial charge in [0.25, 0.3) is 0 Å². The van der Waals surface area contributed by atoms with Crippen molar-refractivity contribution in [2.24, 2.45) is 0 Å². The molecule has 1 atom stereocenters. The lowest BCUT2D eigenvalue weighted by Gasteiger charge is -2.03. The van der Waals surface area contributed by atoms with Gasteiger partial charge in [0.1, 0.15) is 5.76 Å². The zero-order valence-corrected chi connectivity index (χ0v) is 9.70. The van der Waals surface area contributed by atoms with Gasteiger partial charge in [0.2, 0.25) is 0 Å². The maximum atomic E-state index is 5.45. The first-order valence-electron chi connectivity index (χ1n) is 3.47. The summed E-state index contributed by atoms with van der Waals surface area (Å²) in [5.74, 6) is 1.51. The van der Waals surface area contributed by atoms with E-state index in [0.717, 1.165) is 15.8 Å². The largest absolute Gasteiger partial charge is 0.454 e. The summed E-state index contributed by atoms with van der Waals surface area (Å²) in [7, 11) is 0. The maximum absolute atomic E-state index is 5.45.